The summed E-state index contributed by atoms with van der Waals surface area (Å²) in [6.07, 6.45) is 4.14. The molecule has 0 atom stereocenters. The lowest BCUT2D eigenvalue weighted by Gasteiger charge is -2.22. The minimum atomic E-state index is -3.77. The number of nitrogens with zero attached hydrogens (tertiary/aromatic N) is 1. The minimum Gasteiger partial charge on any atom is -0.496 e. The number of rotatable bonds is 6. The van der Waals surface area contributed by atoms with E-state index in [2.05, 4.69) is 4.72 Å². The molecule has 2 aromatic carbocycles. The summed E-state index contributed by atoms with van der Waals surface area (Å²) in [5.41, 5.74) is 2.23. The highest BCUT2D eigenvalue weighted by molar-refractivity contribution is 7.89. The van der Waals surface area contributed by atoms with Crippen LogP contribution in [0.1, 0.15) is 47.2 Å². The van der Waals surface area contributed by atoms with Crippen LogP contribution in [-0.4, -0.2) is 39.4 Å². The summed E-state index contributed by atoms with van der Waals surface area (Å²) in [4.78, 5) is 14.9. The number of hydrogen-bond acceptors (Lipinski definition) is 4. The van der Waals surface area contributed by atoms with Crippen LogP contribution in [0.3, 0.4) is 0 Å². The van der Waals surface area contributed by atoms with Crippen molar-refractivity contribution in [1.29, 1.82) is 0 Å². The highest BCUT2D eigenvalue weighted by Gasteiger charge is 2.24. The van der Waals surface area contributed by atoms with Gasteiger partial charge in [0, 0.05) is 19.6 Å². The zero-order chi connectivity index (χ0) is 20.9. The Kier molecular flexibility index (Phi) is 6.92. The molecule has 7 heteroatoms. The Morgan fingerprint density at radius 2 is 1.79 bits per heavy atom. The summed E-state index contributed by atoms with van der Waals surface area (Å²) in [5.74, 6) is 0.205. The van der Waals surface area contributed by atoms with E-state index in [0.29, 0.717) is 18.8 Å². The van der Waals surface area contributed by atoms with Gasteiger partial charge in [-0.3, -0.25) is 4.79 Å². The van der Waals surface area contributed by atoms with Crippen molar-refractivity contribution < 1.29 is 17.9 Å². The highest BCUT2D eigenvalue weighted by atomic mass is 32.2. The molecule has 0 radical (unpaired) electrons. The van der Waals surface area contributed by atoms with Crippen LogP contribution in [0.4, 0.5) is 0 Å². The van der Waals surface area contributed by atoms with Gasteiger partial charge in [-0.25, -0.2) is 13.1 Å². The second-order valence-electron chi connectivity index (χ2n) is 7.38. The average Bonchev–Trinajstić information content (AvgIpc) is 3.01. The first-order chi connectivity index (χ1) is 13.9. The van der Waals surface area contributed by atoms with Crippen molar-refractivity contribution in [3.05, 3.63) is 59.2 Å². The molecule has 1 aliphatic rings. The second kappa shape index (κ2) is 9.41. The normalized spacial score (nSPS) is 15.0. The van der Waals surface area contributed by atoms with E-state index >= 15 is 0 Å². The standard InChI is InChI=1S/C22H28N2O4S/c1-17-8-7-9-18(14-17)16-23-29(26,27)19-10-11-21(28-2)20(15-19)22(25)24-12-5-3-4-6-13-24/h7-11,14-15,23H,3-6,12-13,16H2,1-2H3. The molecule has 2 aromatic rings. The lowest BCUT2D eigenvalue weighted by atomic mass is 10.1. The number of benzene rings is 2. The highest BCUT2D eigenvalue weighted by Crippen LogP contribution is 2.25. The van der Waals surface area contributed by atoms with Gasteiger partial charge in [0.05, 0.1) is 17.6 Å². The molecule has 1 saturated heterocycles. The van der Waals surface area contributed by atoms with Crippen molar-refractivity contribution in [2.75, 3.05) is 20.2 Å². The molecule has 1 N–H and O–H groups in total. The van der Waals surface area contributed by atoms with Gasteiger partial charge in [-0.2, -0.15) is 0 Å². The van der Waals surface area contributed by atoms with Gasteiger partial charge in [0.1, 0.15) is 5.75 Å². The second-order valence-corrected chi connectivity index (χ2v) is 9.15. The molecule has 156 valence electrons. The number of aryl methyl sites for hydroxylation is 1. The Balaban J connectivity index is 1.83. The minimum absolute atomic E-state index is 0.0594. The lowest BCUT2D eigenvalue weighted by molar-refractivity contribution is 0.0758. The number of likely N-dealkylation sites (tertiary alicyclic amines) is 1. The van der Waals surface area contributed by atoms with E-state index in [-0.39, 0.29) is 22.9 Å². The molecule has 29 heavy (non-hydrogen) atoms. The molecule has 0 spiro atoms. The van der Waals surface area contributed by atoms with Crippen molar-refractivity contribution in [2.24, 2.45) is 0 Å². The van der Waals surface area contributed by atoms with Gasteiger partial charge in [-0.15, -0.1) is 0 Å². The fourth-order valence-corrected chi connectivity index (χ4v) is 4.59. The predicted molar refractivity (Wildman–Crippen MR) is 113 cm³/mol. The molecule has 1 heterocycles. The molecule has 6 nitrogen and oxygen atoms in total. The van der Waals surface area contributed by atoms with Gasteiger partial charge in [0.15, 0.2) is 0 Å². The summed E-state index contributed by atoms with van der Waals surface area (Å²) < 4.78 is 33.6. The molecule has 1 fully saturated rings. The van der Waals surface area contributed by atoms with Crippen molar-refractivity contribution in [3.8, 4) is 5.75 Å². The van der Waals surface area contributed by atoms with Gasteiger partial charge < -0.3 is 9.64 Å². The first kappa shape index (κ1) is 21.3. The van der Waals surface area contributed by atoms with E-state index in [9.17, 15) is 13.2 Å². The number of ether oxygens (including phenoxy) is 1. The largest absolute Gasteiger partial charge is 0.496 e. The monoisotopic (exact) mass is 416 g/mol. The third-order valence-electron chi connectivity index (χ3n) is 5.15. The zero-order valence-electron chi connectivity index (χ0n) is 17.0. The molecular weight excluding hydrogens is 388 g/mol. The quantitative estimate of drug-likeness (QED) is 0.782. The van der Waals surface area contributed by atoms with Crippen LogP contribution in [-0.2, 0) is 16.6 Å². The Morgan fingerprint density at radius 1 is 1.07 bits per heavy atom. The smallest absolute Gasteiger partial charge is 0.257 e. The van der Waals surface area contributed by atoms with E-state index in [1.54, 1.807) is 11.0 Å². The number of hydrogen-bond donors (Lipinski definition) is 1. The summed E-state index contributed by atoms with van der Waals surface area (Å²) in [5, 5.41) is 0. The Morgan fingerprint density at radius 3 is 2.45 bits per heavy atom. The maximum Gasteiger partial charge on any atom is 0.257 e. The molecule has 0 aliphatic carbocycles. The molecule has 0 aromatic heterocycles. The summed E-state index contributed by atoms with van der Waals surface area (Å²) in [7, 11) is -2.28. The Bertz CT molecular complexity index is 965. The number of nitrogens with one attached hydrogen (secondary N) is 1. The van der Waals surface area contributed by atoms with Crippen LogP contribution in [0.15, 0.2) is 47.4 Å². The van der Waals surface area contributed by atoms with Crippen LogP contribution in [0, 0.1) is 6.92 Å². The molecule has 0 bridgehead atoms. The van der Waals surface area contributed by atoms with E-state index in [0.717, 1.165) is 36.8 Å². The van der Waals surface area contributed by atoms with Crippen molar-refractivity contribution in [3.63, 3.8) is 0 Å². The fourth-order valence-electron chi connectivity index (χ4n) is 3.55. The van der Waals surface area contributed by atoms with Gasteiger partial charge >= 0.3 is 0 Å². The van der Waals surface area contributed by atoms with E-state index in [4.69, 9.17) is 4.74 Å². The number of carbonyl (C=O) groups excluding carboxylic acids is 1. The van der Waals surface area contributed by atoms with E-state index in [1.165, 1.54) is 19.2 Å². The number of amides is 1. The SMILES string of the molecule is COc1ccc(S(=O)(=O)NCc2cccc(C)c2)cc1C(=O)N1CCCCCC1. The van der Waals surface area contributed by atoms with Crippen molar-refractivity contribution in [1.82, 2.24) is 9.62 Å². The number of methoxy groups -OCH3 is 1. The van der Waals surface area contributed by atoms with Gasteiger partial charge in [0.25, 0.3) is 5.91 Å². The van der Waals surface area contributed by atoms with Crippen LogP contribution in [0.25, 0.3) is 0 Å². The third-order valence-corrected chi connectivity index (χ3v) is 6.55. The summed E-state index contributed by atoms with van der Waals surface area (Å²) in [6, 6.07) is 12.1. The first-order valence-corrected chi connectivity index (χ1v) is 11.4. The number of carbonyl (C=O) groups is 1. The average molecular weight is 417 g/mol. The molecule has 0 unspecified atom stereocenters. The maximum absolute atomic E-state index is 13.1. The molecule has 0 saturated carbocycles. The first-order valence-electron chi connectivity index (χ1n) is 9.93. The lowest BCUT2D eigenvalue weighted by Crippen LogP contribution is -2.32. The van der Waals surface area contributed by atoms with Crippen LogP contribution < -0.4 is 9.46 Å². The topological polar surface area (TPSA) is 75.7 Å². The van der Waals surface area contributed by atoms with E-state index < -0.39 is 10.0 Å². The molecular formula is C22H28N2O4S. The molecule has 3 rings (SSSR count). The van der Waals surface area contributed by atoms with Crippen LogP contribution in [0.2, 0.25) is 0 Å². The number of sulfonamides is 1. The third kappa shape index (κ3) is 5.36. The molecule has 1 amide bonds. The van der Waals surface area contributed by atoms with E-state index in [1.807, 2.05) is 31.2 Å². The van der Waals surface area contributed by atoms with Gasteiger partial charge in [-0.1, -0.05) is 42.7 Å². The predicted octanol–water partition coefficient (Wildman–Crippen LogP) is 3.50. The van der Waals surface area contributed by atoms with Gasteiger partial charge in [-0.05, 0) is 43.5 Å². The zero-order valence-corrected chi connectivity index (χ0v) is 17.8. The van der Waals surface area contributed by atoms with Gasteiger partial charge in [0.2, 0.25) is 10.0 Å². The summed E-state index contributed by atoms with van der Waals surface area (Å²) >= 11 is 0. The maximum atomic E-state index is 13.1. The van der Waals surface area contributed by atoms with Crippen molar-refractivity contribution >= 4 is 15.9 Å². The van der Waals surface area contributed by atoms with Crippen LogP contribution >= 0.6 is 0 Å². The fraction of sp³-hybridized carbons (Fsp3) is 0.409. The molecule has 1 aliphatic heterocycles. The summed E-state index contributed by atoms with van der Waals surface area (Å²) in [6.45, 7) is 3.52. The Labute approximate surface area is 172 Å². The Hall–Kier alpha value is -2.38. The van der Waals surface area contributed by atoms with Crippen molar-refractivity contribution in [2.45, 2.75) is 44.0 Å². The van der Waals surface area contributed by atoms with Crippen LogP contribution in [0.5, 0.6) is 5.75 Å².